The maximum absolute atomic E-state index is 5.35. The summed E-state index contributed by atoms with van der Waals surface area (Å²) in [5, 5.41) is 7.77. The van der Waals surface area contributed by atoms with Crippen molar-refractivity contribution in [3.8, 4) is 5.75 Å². The summed E-state index contributed by atoms with van der Waals surface area (Å²) < 4.78 is 7.24. The predicted octanol–water partition coefficient (Wildman–Crippen LogP) is 2.63. The molecule has 0 aliphatic heterocycles. The molecule has 0 spiro atoms. The summed E-state index contributed by atoms with van der Waals surface area (Å²) in [7, 11) is 1.70. The largest absolute Gasteiger partial charge is 0.496 e. The molecule has 4 heteroatoms. The van der Waals surface area contributed by atoms with Gasteiger partial charge in [0.1, 0.15) is 5.75 Å². The van der Waals surface area contributed by atoms with E-state index >= 15 is 0 Å². The van der Waals surface area contributed by atoms with E-state index in [1.165, 1.54) is 5.56 Å². The van der Waals surface area contributed by atoms with Crippen LogP contribution in [0, 0.1) is 0 Å². The summed E-state index contributed by atoms with van der Waals surface area (Å²) in [6.45, 7) is 1.56. The van der Waals surface area contributed by atoms with Gasteiger partial charge in [-0.3, -0.25) is 0 Å². The molecule has 0 aliphatic rings. The van der Waals surface area contributed by atoms with Crippen LogP contribution >= 0.6 is 0 Å². The second-order valence-electron chi connectivity index (χ2n) is 4.62. The first-order chi connectivity index (χ1) is 9.88. The molecule has 3 aromatic rings. The number of hydrogen-bond acceptors (Lipinski definition) is 3. The fraction of sp³-hybridized carbons (Fsp3) is 0.188. The van der Waals surface area contributed by atoms with Crippen molar-refractivity contribution in [2.75, 3.05) is 7.11 Å². The zero-order valence-electron chi connectivity index (χ0n) is 11.4. The topological polar surface area (TPSA) is 38.6 Å². The summed E-state index contributed by atoms with van der Waals surface area (Å²) in [5.41, 5.74) is 3.49. The summed E-state index contributed by atoms with van der Waals surface area (Å²) in [6, 6.07) is 14.1. The fourth-order valence-corrected chi connectivity index (χ4v) is 2.30. The second kappa shape index (κ2) is 5.75. The van der Waals surface area contributed by atoms with Gasteiger partial charge < -0.3 is 10.1 Å². The lowest BCUT2D eigenvalue weighted by Gasteiger charge is -2.08. The molecule has 2 aromatic heterocycles. The molecular formula is C16H17N3O. The number of methoxy groups -OCH3 is 1. The van der Waals surface area contributed by atoms with Crippen LogP contribution in [0.1, 0.15) is 11.1 Å². The first-order valence-corrected chi connectivity index (χ1v) is 6.62. The van der Waals surface area contributed by atoms with Crippen LogP contribution in [-0.2, 0) is 13.1 Å². The molecule has 1 aromatic carbocycles. The highest BCUT2D eigenvalue weighted by molar-refractivity contribution is 5.53. The van der Waals surface area contributed by atoms with Gasteiger partial charge in [-0.05, 0) is 18.2 Å². The van der Waals surface area contributed by atoms with E-state index in [-0.39, 0.29) is 0 Å². The van der Waals surface area contributed by atoms with Gasteiger partial charge in [-0.1, -0.05) is 24.3 Å². The van der Waals surface area contributed by atoms with Crippen LogP contribution in [0.3, 0.4) is 0 Å². The molecule has 0 amide bonds. The zero-order chi connectivity index (χ0) is 13.8. The van der Waals surface area contributed by atoms with E-state index in [9.17, 15) is 0 Å². The molecule has 0 unspecified atom stereocenters. The van der Waals surface area contributed by atoms with Gasteiger partial charge in [0.15, 0.2) is 0 Å². The van der Waals surface area contributed by atoms with Gasteiger partial charge >= 0.3 is 0 Å². The molecular weight excluding hydrogens is 250 g/mol. The maximum Gasteiger partial charge on any atom is 0.123 e. The van der Waals surface area contributed by atoms with Crippen molar-refractivity contribution in [3.63, 3.8) is 0 Å². The maximum atomic E-state index is 5.35. The zero-order valence-corrected chi connectivity index (χ0v) is 11.4. The Morgan fingerprint density at radius 3 is 2.75 bits per heavy atom. The van der Waals surface area contributed by atoms with E-state index in [0.717, 1.165) is 29.9 Å². The van der Waals surface area contributed by atoms with Crippen LogP contribution in [0.5, 0.6) is 5.75 Å². The fourth-order valence-electron chi connectivity index (χ4n) is 2.30. The average Bonchev–Trinajstić information content (AvgIpc) is 2.91. The Morgan fingerprint density at radius 1 is 1.05 bits per heavy atom. The van der Waals surface area contributed by atoms with E-state index < -0.39 is 0 Å². The molecule has 0 saturated carbocycles. The van der Waals surface area contributed by atoms with Gasteiger partial charge in [0.25, 0.3) is 0 Å². The SMILES string of the molecule is COc1ccccc1CNCc1cnn2ccccc12. The molecule has 2 heterocycles. The predicted molar refractivity (Wildman–Crippen MR) is 78.7 cm³/mol. The molecule has 0 fully saturated rings. The number of nitrogens with one attached hydrogen (secondary N) is 1. The molecule has 4 nitrogen and oxygen atoms in total. The highest BCUT2D eigenvalue weighted by Gasteiger charge is 2.04. The van der Waals surface area contributed by atoms with E-state index in [4.69, 9.17) is 4.74 Å². The minimum absolute atomic E-state index is 0.772. The lowest BCUT2D eigenvalue weighted by Crippen LogP contribution is -2.13. The van der Waals surface area contributed by atoms with Gasteiger partial charge in [-0.25, -0.2) is 4.52 Å². The first kappa shape index (κ1) is 12.7. The lowest BCUT2D eigenvalue weighted by molar-refractivity contribution is 0.407. The van der Waals surface area contributed by atoms with E-state index in [0.29, 0.717) is 0 Å². The lowest BCUT2D eigenvalue weighted by atomic mass is 10.2. The number of ether oxygens (including phenoxy) is 1. The Bertz CT molecular complexity index is 706. The van der Waals surface area contributed by atoms with Crippen molar-refractivity contribution in [2.45, 2.75) is 13.1 Å². The third-order valence-electron chi connectivity index (χ3n) is 3.33. The number of hydrogen-bond donors (Lipinski definition) is 1. The highest BCUT2D eigenvalue weighted by atomic mass is 16.5. The molecule has 0 bridgehead atoms. The molecule has 102 valence electrons. The number of benzene rings is 1. The Balaban J connectivity index is 1.68. The first-order valence-electron chi connectivity index (χ1n) is 6.62. The Labute approximate surface area is 118 Å². The third kappa shape index (κ3) is 2.51. The van der Waals surface area contributed by atoms with Gasteiger partial charge in [0.05, 0.1) is 18.8 Å². The van der Waals surface area contributed by atoms with Gasteiger partial charge in [0.2, 0.25) is 0 Å². The Kier molecular flexibility index (Phi) is 3.65. The minimum Gasteiger partial charge on any atom is -0.496 e. The van der Waals surface area contributed by atoms with Crippen LogP contribution in [0.2, 0.25) is 0 Å². The van der Waals surface area contributed by atoms with Crippen molar-refractivity contribution in [1.29, 1.82) is 0 Å². The number of pyridine rings is 1. The molecule has 0 atom stereocenters. The quantitative estimate of drug-likeness (QED) is 0.772. The summed E-state index contributed by atoms with van der Waals surface area (Å²) in [5.74, 6) is 0.917. The van der Waals surface area contributed by atoms with Gasteiger partial charge in [-0.15, -0.1) is 0 Å². The van der Waals surface area contributed by atoms with Crippen molar-refractivity contribution in [1.82, 2.24) is 14.9 Å². The smallest absolute Gasteiger partial charge is 0.123 e. The molecule has 1 N–H and O–H groups in total. The van der Waals surface area contributed by atoms with Crippen molar-refractivity contribution in [2.24, 2.45) is 0 Å². The average molecular weight is 267 g/mol. The number of fused-ring (bicyclic) bond motifs is 1. The van der Waals surface area contributed by atoms with E-state index in [1.54, 1.807) is 7.11 Å². The van der Waals surface area contributed by atoms with Gasteiger partial charge in [0, 0.05) is 30.4 Å². The van der Waals surface area contributed by atoms with Crippen molar-refractivity contribution in [3.05, 3.63) is 66.0 Å². The minimum atomic E-state index is 0.772. The molecule has 0 radical (unpaired) electrons. The second-order valence-corrected chi connectivity index (χ2v) is 4.62. The van der Waals surface area contributed by atoms with E-state index in [2.05, 4.69) is 22.5 Å². The van der Waals surface area contributed by atoms with E-state index in [1.807, 2.05) is 47.2 Å². The van der Waals surface area contributed by atoms with Crippen molar-refractivity contribution >= 4 is 5.52 Å². The normalized spacial score (nSPS) is 10.8. The summed E-state index contributed by atoms with van der Waals surface area (Å²) in [4.78, 5) is 0. The Morgan fingerprint density at radius 2 is 1.85 bits per heavy atom. The van der Waals surface area contributed by atoms with Crippen molar-refractivity contribution < 1.29 is 4.74 Å². The summed E-state index contributed by atoms with van der Waals surface area (Å²) >= 11 is 0. The standard InChI is InChI=1S/C16H17N3O/c1-20-16-8-3-2-6-13(16)10-17-11-14-12-18-19-9-5-4-7-15(14)19/h2-9,12,17H,10-11H2,1H3. The third-order valence-corrected chi connectivity index (χ3v) is 3.33. The molecule has 0 saturated heterocycles. The Hall–Kier alpha value is -2.33. The van der Waals surface area contributed by atoms with Crippen LogP contribution in [0.25, 0.3) is 5.52 Å². The van der Waals surface area contributed by atoms with Crippen LogP contribution in [0.15, 0.2) is 54.9 Å². The highest BCUT2D eigenvalue weighted by Crippen LogP contribution is 2.17. The monoisotopic (exact) mass is 267 g/mol. The molecule has 3 rings (SSSR count). The van der Waals surface area contributed by atoms with Crippen LogP contribution < -0.4 is 10.1 Å². The number of para-hydroxylation sites is 1. The van der Waals surface area contributed by atoms with Crippen LogP contribution in [-0.4, -0.2) is 16.7 Å². The summed E-state index contributed by atoms with van der Waals surface area (Å²) in [6.07, 6.45) is 3.86. The molecule has 20 heavy (non-hydrogen) atoms. The van der Waals surface area contributed by atoms with Gasteiger partial charge in [-0.2, -0.15) is 5.10 Å². The molecule has 0 aliphatic carbocycles. The number of rotatable bonds is 5. The number of nitrogens with zero attached hydrogens (tertiary/aromatic N) is 2. The van der Waals surface area contributed by atoms with Crippen LogP contribution in [0.4, 0.5) is 0 Å². The number of aromatic nitrogens is 2.